The van der Waals surface area contributed by atoms with Crippen LogP contribution < -0.4 is 10.2 Å². The van der Waals surface area contributed by atoms with Gasteiger partial charge < -0.3 is 15.0 Å². The van der Waals surface area contributed by atoms with Crippen molar-refractivity contribution in [1.82, 2.24) is 20.5 Å². The summed E-state index contributed by atoms with van der Waals surface area (Å²) in [6.45, 7) is 2.51. The Bertz CT molecular complexity index is 319. The van der Waals surface area contributed by atoms with Crippen LogP contribution in [0.4, 0.5) is 5.95 Å². The number of nitrogens with zero attached hydrogens (tertiary/aromatic N) is 3. The molecular formula is C10H19N5O. The monoisotopic (exact) mass is 225 g/mol. The molecular weight excluding hydrogens is 206 g/mol. The first-order valence-electron chi connectivity index (χ1n) is 5.66. The molecule has 0 radical (unpaired) electrons. The first kappa shape index (κ1) is 11.3. The van der Waals surface area contributed by atoms with Crippen LogP contribution in [-0.4, -0.2) is 48.5 Å². The van der Waals surface area contributed by atoms with Crippen molar-refractivity contribution < 1.29 is 4.74 Å². The molecule has 6 heteroatoms. The SMILES string of the molecule is CNC1CCN(c2n[nH]c(COC)n2)CC1. The maximum absolute atomic E-state index is 5.00. The average Bonchev–Trinajstić information content (AvgIpc) is 2.78. The minimum Gasteiger partial charge on any atom is -0.377 e. The average molecular weight is 225 g/mol. The molecule has 0 saturated carbocycles. The highest BCUT2D eigenvalue weighted by Crippen LogP contribution is 2.15. The molecule has 1 aliphatic heterocycles. The van der Waals surface area contributed by atoms with Crippen LogP contribution in [0.5, 0.6) is 0 Å². The van der Waals surface area contributed by atoms with Gasteiger partial charge in [0.05, 0.1) is 0 Å². The zero-order valence-corrected chi connectivity index (χ0v) is 9.86. The van der Waals surface area contributed by atoms with E-state index in [1.54, 1.807) is 7.11 Å². The van der Waals surface area contributed by atoms with Gasteiger partial charge in [0.1, 0.15) is 6.61 Å². The van der Waals surface area contributed by atoms with Gasteiger partial charge in [0.25, 0.3) is 0 Å². The van der Waals surface area contributed by atoms with Crippen molar-refractivity contribution in [2.24, 2.45) is 0 Å². The van der Waals surface area contributed by atoms with Gasteiger partial charge in [-0.2, -0.15) is 4.98 Å². The van der Waals surface area contributed by atoms with Crippen molar-refractivity contribution in [3.05, 3.63) is 5.82 Å². The molecule has 1 aromatic heterocycles. The molecule has 0 aromatic carbocycles. The van der Waals surface area contributed by atoms with E-state index in [-0.39, 0.29) is 0 Å². The summed E-state index contributed by atoms with van der Waals surface area (Å²) in [4.78, 5) is 6.60. The molecule has 0 bridgehead atoms. The Morgan fingerprint density at radius 3 is 2.88 bits per heavy atom. The van der Waals surface area contributed by atoms with E-state index >= 15 is 0 Å². The van der Waals surface area contributed by atoms with Gasteiger partial charge in [-0.25, -0.2) is 0 Å². The summed E-state index contributed by atoms with van der Waals surface area (Å²) < 4.78 is 5.00. The van der Waals surface area contributed by atoms with Crippen LogP contribution in [0.3, 0.4) is 0 Å². The molecule has 2 heterocycles. The van der Waals surface area contributed by atoms with Gasteiger partial charge in [0, 0.05) is 26.2 Å². The molecule has 90 valence electrons. The third kappa shape index (κ3) is 2.51. The van der Waals surface area contributed by atoms with Crippen molar-refractivity contribution in [2.75, 3.05) is 32.1 Å². The Kier molecular flexibility index (Phi) is 3.74. The lowest BCUT2D eigenvalue weighted by molar-refractivity contribution is 0.178. The summed E-state index contributed by atoms with van der Waals surface area (Å²) in [5.41, 5.74) is 0. The van der Waals surface area contributed by atoms with Gasteiger partial charge in [-0.15, -0.1) is 5.10 Å². The summed E-state index contributed by atoms with van der Waals surface area (Å²) in [7, 11) is 3.67. The molecule has 0 atom stereocenters. The number of hydrogen-bond acceptors (Lipinski definition) is 5. The maximum atomic E-state index is 5.00. The lowest BCUT2D eigenvalue weighted by Crippen LogP contribution is -2.41. The number of hydrogen-bond donors (Lipinski definition) is 2. The Balaban J connectivity index is 1.92. The zero-order chi connectivity index (χ0) is 11.4. The molecule has 1 aromatic rings. The van der Waals surface area contributed by atoms with Gasteiger partial charge in [0.15, 0.2) is 5.82 Å². The maximum Gasteiger partial charge on any atom is 0.244 e. The molecule has 2 rings (SSSR count). The van der Waals surface area contributed by atoms with E-state index in [1.807, 2.05) is 7.05 Å². The van der Waals surface area contributed by atoms with Crippen LogP contribution in [-0.2, 0) is 11.3 Å². The summed E-state index contributed by atoms with van der Waals surface area (Å²) >= 11 is 0. The number of nitrogens with one attached hydrogen (secondary N) is 2. The predicted molar refractivity (Wildman–Crippen MR) is 61.4 cm³/mol. The molecule has 0 unspecified atom stereocenters. The number of piperidine rings is 1. The highest BCUT2D eigenvalue weighted by molar-refractivity contribution is 5.29. The number of aromatic amines is 1. The fraction of sp³-hybridized carbons (Fsp3) is 0.800. The topological polar surface area (TPSA) is 66.1 Å². The largest absolute Gasteiger partial charge is 0.377 e. The van der Waals surface area contributed by atoms with E-state index in [1.165, 1.54) is 0 Å². The van der Waals surface area contributed by atoms with Crippen LogP contribution in [0.25, 0.3) is 0 Å². The van der Waals surface area contributed by atoms with Crippen LogP contribution >= 0.6 is 0 Å². The minimum absolute atomic E-state index is 0.486. The van der Waals surface area contributed by atoms with E-state index in [0.717, 1.165) is 37.7 Å². The third-order valence-electron chi connectivity index (χ3n) is 2.99. The van der Waals surface area contributed by atoms with Gasteiger partial charge in [-0.1, -0.05) is 0 Å². The quantitative estimate of drug-likeness (QED) is 0.763. The minimum atomic E-state index is 0.486. The van der Waals surface area contributed by atoms with Gasteiger partial charge in [-0.05, 0) is 19.9 Å². The van der Waals surface area contributed by atoms with Crippen LogP contribution in [0, 0.1) is 0 Å². The Morgan fingerprint density at radius 2 is 2.25 bits per heavy atom. The molecule has 6 nitrogen and oxygen atoms in total. The van der Waals surface area contributed by atoms with E-state index in [4.69, 9.17) is 4.74 Å². The fourth-order valence-corrected chi connectivity index (χ4v) is 2.00. The van der Waals surface area contributed by atoms with Crippen molar-refractivity contribution in [2.45, 2.75) is 25.5 Å². The second-order valence-corrected chi connectivity index (χ2v) is 4.07. The molecule has 1 saturated heterocycles. The molecule has 2 N–H and O–H groups in total. The molecule has 1 fully saturated rings. The first-order valence-corrected chi connectivity index (χ1v) is 5.66. The van der Waals surface area contributed by atoms with Crippen molar-refractivity contribution >= 4 is 5.95 Å². The standard InChI is InChI=1S/C10H19N5O/c1-11-8-3-5-15(6-4-8)10-12-9(7-16-2)13-14-10/h8,11H,3-7H2,1-2H3,(H,12,13,14). The van der Waals surface area contributed by atoms with E-state index in [2.05, 4.69) is 25.4 Å². The molecule has 0 aliphatic carbocycles. The second-order valence-electron chi connectivity index (χ2n) is 4.07. The number of rotatable bonds is 4. The number of H-pyrrole nitrogens is 1. The zero-order valence-electron chi connectivity index (χ0n) is 9.86. The highest BCUT2D eigenvalue weighted by atomic mass is 16.5. The van der Waals surface area contributed by atoms with Crippen molar-refractivity contribution in [3.8, 4) is 0 Å². The van der Waals surface area contributed by atoms with E-state index in [0.29, 0.717) is 12.6 Å². The molecule has 0 amide bonds. The summed E-state index contributed by atoms with van der Waals surface area (Å²) in [5.74, 6) is 1.58. The molecule has 16 heavy (non-hydrogen) atoms. The second kappa shape index (κ2) is 5.27. The highest BCUT2D eigenvalue weighted by Gasteiger charge is 2.20. The number of aromatic nitrogens is 3. The van der Waals surface area contributed by atoms with Crippen LogP contribution in [0.1, 0.15) is 18.7 Å². The summed E-state index contributed by atoms with van der Waals surface area (Å²) in [5, 5.41) is 10.4. The third-order valence-corrected chi connectivity index (χ3v) is 2.99. The van der Waals surface area contributed by atoms with E-state index < -0.39 is 0 Å². The summed E-state index contributed by atoms with van der Waals surface area (Å²) in [6, 6.07) is 0.633. The normalized spacial score (nSPS) is 18.0. The smallest absolute Gasteiger partial charge is 0.244 e. The molecule has 0 spiro atoms. The van der Waals surface area contributed by atoms with E-state index in [9.17, 15) is 0 Å². The van der Waals surface area contributed by atoms with Gasteiger partial charge in [-0.3, -0.25) is 5.10 Å². The van der Waals surface area contributed by atoms with Crippen molar-refractivity contribution in [1.29, 1.82) is 0 Å². The number of ether oxygens (including phenoxy) is 1. The fourth-order valence-electron chi connectivity index (χ4n) is 2.00. The number of anilines is 1. The van der Waals surface area contributed by atoms with Gasteiger partial charge in [0.2, 0.25) is 5.95 Å². The lowest BCUT2D eigenvalue weighted by Gasteiger charge is -2.30. The van der Waals surface area contributed by atoms with Gasteiger partial charge >= 0.3 is 0 Å². The van der Waals surface area contributed by atoms with Crippen molar-refractivity contribution in [3.63, 3.8) is 0 Å². The van der Waals surface area contributed by atoms with Crippen LogP contribution in [0.15, 0.2) is 0 Å². The Hall–Kier alpha value is -1.14. The Labute approximate surface area is 95.4 Å². The van der Waals surface area contributed by atoms with Crippen LogP contribution in [0.2, 0.25) is 0 Å². The summed E-state index contributed by atoms with van der Waals surface area (Å²) in [6.07, 6.45) is 2.29. The number of methoxy groups -OCH3 is 1. The predicted octanol–water partition coefficient (Wildman–Crippen LogP) is 0.139. The molecule has 1 aliphatic rings. The first-order chi connectivity index (χ1) is 7.83. The lowest BCUT2D eigenvalue weighted by atomic mass is 10.1. The Morgan fingerprint density at radius 1 is 1.50 bits per heavy atom.